The molecule has 1 aliphatic heterocycles. The number of hydrogen-bond donors (Lipinski definition) is 0. The van der Waals surface area contributed by atoms with Crippen LogP contribution in [-0.4, -0.2) is 43.4 Å². The molecule has 4 heteroatoms. The Labute approximate surface area is 90.6 Å². The van der Waals surface area contributed by atoms with Crippen LogP contribution >= 0.6 is 0 Å². The molecule has 0 aromatic carbocycles. The van der Waals surface area contributed by atoms with Crippen LogP contribution in [0.15, 0.2) is 0 Å². The normalized spacial score (nSPS) is 22.8. The van der Waals surface area contributed by atoms with Gasteiger partial charge >= 0.3 is 5.97 Å². The van der Waals surface area contributed by atoms with Gasteiger partial charge < -0.3 is 9.64 Å². The predicted molar refractivity (Wildman–Crippen MR) is 56.5 cm³/mol. The van der Waals surface area contributed by atoms with Gasteiger partial charge in [-0.3, -0.25) is 9.59 Å². The Balaban J connectivity index is 2.30. The maximum Gasteiger partial charge on any atom is 0.305 e. The van der Waals surface area contributed by atoms with E-state index in [-0.39, 0.29) is 17.7 Å². The number of carbonyl (C=O) groups excluding carboxylic acids is 2. The molecule has 4 nitrogen and oxygen atoms in total. The smallest absolute Gasteiger partial charge is 0.305 e. The molecule has 0 bridgehead atoms. The fourth-order valence-electron chi connectivity index (χ4n) is 1.85. The summed E-state index contributed by atoms with van der Waals surface area (Å²) in [4.78, 5) is 24.8. The van der Waals surface area contributed by atoms with Crippen molar-refractivity contribution in [3.63, 3.8) is 0 Å². The Morgan fingerprint density at radius 3 is 3.00 bits per heavy atom. The summed E-state index contributed by atoms with van der Waals surface area (Å²) in [5.41, 5.74) is 0. The summed E-state index contributed by atoms with van der Waals surface area (Å²) < 4.78 is 4.83. The average molecular weight is 213 g/mol. The van der Waals surface area contributed by atoms with Crippen molar-refractivity contribution in [3.05, 3.63) is 0 Å². The summed E-state index contributed by atoms with van der Waals surface area (Å²) in [5, 5.41) is 0. The molecule has 0 aliphatic carbocycles. The van der Waals surface area contributed by atoms with Crippen molar-refractivity contribution in [2.75, 3.05) is 26.7 Å². The van der Waals surface area contributed by atoms with Gasteiger partial charge in [0.05, 0.1) is 6.61 Å². The highest BCUT2D eigenvalue weighted by atomic mass is 16.5. The van der Waals surface area contributed by atoms with Crippen LogP contribution in [0.3, 0.4) is 0 Å². The van der Waals surface area contributed by atoms with E-state index in [1.807, 2.05) is 7.05 Å². The van der Waals surface area contributed by atoms with E-state index in [9.17, 15) is 9.59 Å². The number of rotatable bonds is 4. The van der Waals surface area contributed by atoms with E-state index in [0.717, 1.165) is 13.1 Å². The number of nitrogens with zero attached hydrogens (tertiary/aromatic N) is 1. The quantitative estimate of drug-likeness (QED) is 0.649. The maximum absolute atomic E-state index is 11.5. The van der Waals surface area contributed by atoms with E-state index in [4.69, 9.17) is 4.74 Å². The molecule has 1 aliphatic rings. The molecule has 15 heavy (non-hydrogen) atoms. The first-order chi connectivity index (χ1) is 7.13. The lowest BCUT2D eigenvalue weighted by molar-refractivity contribution is -0.143. The van der Waals surface area contributed by atoms with Crippen LogP contribution in [0, 0.1) is 5.92 Å². The zero-order chi connectivity index (χ0) is 11.3. The number of ether oxygens (including phenoxy) is 1. The molecule has 1 heterocycles. The fraction of sp³-hybridized carbons (Fsp3) is 0.818. The van der Waals surface area contributed by atoms with Crippen molar-refractivity contribution < 1.29 is 14.3 Å². The van der Waals surface area contributed by atoms with Gasteiger partial charge in [0.2, 0.25) is 0 Å². The zero-order valence-corrected chi connectivity index (χ0v) is 9.49. The molecule has 1 rings (SSSR count). The van der Waals surface area contributed by atoms with Gasteiger partial charge in [0, 0.05) is 31.8 Å². The van der Waals surface area contributed by atoms with E-state index >= 15 is 0 Å². The highest BCUT2D eigenvalue weighted by Crippen LogP contribution is 2.16. The van der Waals surface area contributed by atoms with Crippen molar-refractivity contribution in [2.45, 2.75) is 26.2 Å². The summed E-state index contributed by atoms with van der Waals surface area (Å²) in [6, 6.07) is 0. The summed E-state index contributed by atoms with van der Waals surface area (Å²) >= 11 is 0. The van der Waals surface area contributed by atoms with E-state index in [1.165, 1.54) is 0 Å². The van der Waals surface area contributed by atoms with Crippen molar-refractivity contribution in [2.24, 2.45) is 5.92 Å². The molecule has 0 N–H and O–H groups in total. The molecule has 0 radical (unpaired) electrons. The second-order valence-corrected chi connectivity index (χ2v) is 4.02. The lowest BCUT2D eigenvalue weighted by atomic mass is 9.92. The number of hydrogen-bond acceptors (Lipinski definition) is 4. The summed E-state index contributed by atoms with van der Waals surface area (Å²) in [5.74, 6) is 0.115. The molecule has 0 aromatic rings. The Hall–Kier alpha value is -0.900. The number of likely N-dealkylation sites (tertiary alicyclic amines) is 1. The molecular weight excluding hydrogens is 194 g/mol. The van der Waals surface area contributed by atoms with E-state index in [1.54, 1.807) is 6.92 Å². The lowest BCUT2D eigenvalue weighted by Crippen LogP contribution is -2.38. The van der Waals surface area contributed by atoms with Gasteiger partial charge in [0.15, 0.2) is 0 Å². The van der Waals surface area contributed by atoms with Crippen LogP contribution < -0.4 is 0 Å². The van der Waals surface area contributed by atoms with Gasteiger partial charge in [-0.15, -0.1) is 0 Å². The van der Waals surface area contributed by atoms with Gasteiger partial charge in [0.25, 0.3) is 0 Å². The fourth-order valence-corrected chi connectivity index (χ4v) is 1.85. The molecule has 1 unspecified atom stereocenters. The minimum absolute atomic E-state index is 0.0214. The molecule has 0 spiro atoms. The van der Waals surface area contributed by atoms with Crippen LogP contribution in [0.2, 0.25) is 0 Å². The SMILES string of the molecule is CCOC(=O)CCC1CN(C)CCC1=O. The third kappa shape index (κ3) is 4.00. The van der Waals surface area contributed by atoms with Crippen LogP contribution in [0.25, 0.3) is 0 Å². The maximum atomic E-state index is 11.5. The van der Waals surface area contributed by atoms with Gasteiger partial charge in [-0.2, -0.15) is 0 Å². The molecule has 86 valence electrons. The molecule has 1 fully saturated rings. The first-order valence-corrected chi connectivity index (χ1v) is 5.50. The topological polar surface area (TPSA) is 46.6 Å². The third-order valence-corrected chi connectivity index (χ3v) is 2.73. The van der Waals surface area contributed by atoms with Gasteiger partial charge in [-0.1, -0.05) is 0 Å². The molecule has 0 amide bonds. The minimum Gasteiger partial charge on any atom is -0.466 e. The summed E-state index contributed by atoms with van der Waals surface area (Å²) in [6.07, 6.45) is 1.60. The largest absolute Gasteiger partial charge is 0.466 e. The highest BCUT2D eigenvalue weighted by molar-refractivity contribution is 5.82. The molecule has 0 aromatic heterocycles. The Bertz CT molecular complexity index is 240. The Morgan fingerprint density at radius 2 is 2.33 bits per heavy atom. The van der Waals surface area contributed by atoms with E-state index in [0.29, 0.717) is 25.9 Å². The number of esters is 1. The van der Waals surface area contributed by atoms with E-state index < -0.39 is 0 Å². The van der Waals surface area contributed by atoms with Gasteiger partial charge in [-0.05, 0) is 20.4 Å². The van der Waals surface area contributed by atoms with Crippen LogP contribution in [0.4, 0.5) is 0 Å². The van der Waals surface area contributed by atoms with Crippen molar-refractivity contribution >= 4 is 11.8 Å². The predicted octanol–water partition coefficient (Wildman–Crippen LogP) is 0.850. The zero-order valence-electron chi connectivity index (χ0n) is 9.49. The second kappa shape index (κ2) is 5.85. The Morgan fingerprint density at radius 1 is 1.60 bits per heavy atom. The molecule has 1 saturated heterocycles. The van der Waals surface area contributed by atoms with Gasteiger partial charge in [0.1, 0.15) is 5.78 Å². The molecule has 0 saturated carbocycles. The molecular formula is C11H19NO3. The Kier molecular flexibility index (Phi) is 4.75. The van der Waals surface area contributed by atoms with Gasteiger partial charge in [-0.25, -0.2) is 0 Å². The van der Waals surface area contributed by atoms with Crippen molar-refractivity contribution in [1.29, 1.82) is 0 Å². The van der Waals surface area contributed by atoms with Crippen molar-refractivity contribution in [3.8, 4) is 0 Å². The van der Waals surface area contributed by atoms with Crippen molar-refractivity contribution in [1.82, 2.24) is 4.90 Å². The summed E-state index contributed by atoms with van der Waals surface area (Å²) in [7, 11) is 2.00. The number of Topliss-reactive ketones (excluding diaryl/α,β-unsaturated/α-hetero) is 1. The van der Waals surface area contributed by atoms with Crippen LogP contribution in [0.1, 0.15) is 26.2 Å². The highest BCUT2D eigenvalue weighted by Gasteiger charge is 2.25. The average Bonchev–Trinajstić information content (AvgIpc) is 2.20. The standard InChI is InChI=1S/C11H19NO3/c1-3-15-11(14)5-4-9-8-12(2)7-6-10(9)13/h9H,3-8H2,1-2H3. The number of piperidine rings is 1. The summed E-state index contributed by atoms with van der Waals surface area (Å²) in [6.45, 7) is 3.82. The van der Waals surface area contributed by atoms with Crippen LogP contribution in [-0.2, 0) is 14.3 Å². The first kappa shape index (κ1) is 12.2. The number of carbonyl (C=O) groups is 2. The number of ketones is 1. The molecule has 1 atom stereocenters. The first-order valence-electron chi connectivity index (χ1n) is 5.50. The monoisotopic (exact) mass is 213 g/mol. The third-order valence-electron chi connectivity index (χ3n) is 2.73. The minimum atomic E-state index is -0.196. The van der Waals surface area contributed by atoms with Crippen LogP contribution in [0.5, 0.6) is 0 Å². The second-order valence-electron chi connectivity index (χ2n) is 4.02. The lowest BCUT2D eigenvalue weighted by Gasteiger charge is -2.28. The van der Waals surface area contributed by atoms with E-state index in [2.05, 4.69) is 4.90 Å².